The maximum Gasteiger partial charge on any atom is 0.0107 e. The zero-order chi connectivity index (χ0) is 9.80. The van der Waals surface area contributed by atoms with Crippen molar-refractivity contribution in [3.63, 3.8) is 0 Å². The number of nitrogens with one attached hydrogen (secondary N) is 1. The molecule has 0 unspecified atom stereocenters. The Labute approximate surface area is 88.1 Å². The molecule has 0 bridgehead atoms. The minimum Gasteiger partial charge on any atom is -0.315 e. The van der Waals surface area contributed by atoms with Gasteiger partial charge in [0.05, 0.1) is 0 Å². The average molecular weight is 196 g/mol. The monoisotopic (exact) mass is 196 g/mol. The molecule has 0 spiro atoms. The van der Waals surface area contributed by atoms with E-state index in [1.165, 1.54) is 58.4 Å². The Hall–Kier alpha value is -0.0800. The van der Waals surface area contributed by atoms with Gasteiger partial charge in [-0.15, -0.1) is 0 Å². The largest absolute Gasteiger partial charge is 0.315 e. The number of likely N-dealkylation sites (N-methyl/N-ethyl adjacent to an activating group) is 1. The summed E-state index contributed by atoms with van der Waals surface area (Å²) in [7, 11) is 0. The molecule has 2 aliphatic rings. The van der Waals surface area contributed by atoms with Crippen LogP contribution in [-0.4, -0.2) is 37.6 Å². The predicted octanol–water partition coefficient (Wildman–Crippen LogP) is 1.72. The summed E-state index contributed by atoms with van der Waals surface area (Å²) in [5, 5.41) is 3.56. The van der Waals surface area contributed by atoms with E-state index in [2.05, 4.69) is 17.1 Å². The van der Waals surface area contributed by atoms with Crippen molar-refractivity contribution < 1.29 is 0 Å². The third-order valence-corrected chi connectivity index (χ3v) is 3.40. The molecule has 0 amide bonds. The van der Waals surface area contributed by atoms with Crippen molar-refractivity contribution in [2.75, 3.05) is 32.7 Å². The summed E-state index contributed by atoms with van der Waals surface area (Å²) in [4.78, 5) is 2.59. The zero-order valence-electron chi connectivity index (χ0n) is 9.47. The van der Waals surface area contributed by atoms with Gasteiger partial charge >= 0.3 is 0 Å². The van der Waals surface area contributed by atoms with Crippen molar-refractivity contribution in [1.29, 1.82) is 0 Å². The van der Waals surface area contributed by atoms with E-state index >= 15 is 0 Å². The third-order valence-electron chi connectivity index (χ3n) is 3.40. The number of hydrogen-bond acceptors (Lipinski definition) is 2. The Balaban J connectivity index is 1.47. The molecule has 82 valence electrons. The molecule has 0 aromatic heterocycles. The van der Waals surface area contributed by atoms with Crippen LogP contribution in [0.5, 0.6) is 0 Å². The second-order valence-electron chi connectivity index (χ2n) is 4.98. The highest BCUT2D eigenvalue weighted by atomic mass is 15.1. The molecule has 1 N–H and O–H groups in total. The lowest BCUT2D eigenvalue weighted by atomic mass is 10.3. The van der Waals surface area contributed by atoms with E-state index in [0.717, 1.165) is 11.8 Å². The lowest BCUT2D eigenvalue weighted by Crippen LogP contribution is -2.34. The minimum atomic E-state index is 1.02. The van der Waals surface area contributed by atoms with Crippen molar-refractivity contribution in [3.05, 3.63) is 0 Å². The lowest BCUT2D eigenvalue weighted by Gasteiger charge is -2.20. The maximum absolute atomic E-state index is 3.56. The van der Waals surface area contributed by atoms with Crippen molar-refractivity contribution in [1.82, 2.24) is 10.2 Å². The fourth-order valence-corrected chi connectivity index (χ4v) is 1.91. The van der Waals surface area contributed by atoms with Crippen LogP contribution in [0.2, 0.25) is 0 Å². The van der Waals surface area contributed by atoms with Gasteiger partial charge in [0.2, 0.25) is 0 Å². The molecule has 2 heteroatoms. The molecule has 2 aliphatic carbocycles. The summed E-state index contributed by atoms with van der Waals surface area (Å²) >= 11 is 0. The third kappa shape index (κ3) is 3.97. The van der Waals surface area contributed by atoms with Crippen LogP contribution in [0.15, 0.2) is 0 Å². The molecule has 2 nitrogen and oxygen atoms in total. The van der Waals surface area contributed by atoms with Crippen LogP contribution in [-0.2, 0) is 0 Å². The van der Waals surface area contributed by atoms with Gasteiger partial charge < -0.3 is 10.2 Å². The second kappa shape index (κ2) is 5.13. The normalized spacial score (nSPS) is 21.9. The summed E-state index contributed by atoms with van der Waals surface area (Å²) in [5.74, 6) is 2.06. The summed E-state index contributed by atoms with van der Waals surface area (Å²) in [5.41, 5.74) is 0. The molecule has 2 fully saturated rings. The highest BCUT2D eigenvalue weighted by molar-refractivity contribution is 4.78. The van der Waals surface area contributed by atoms with Gasteiger partial charge in [-0.2, -0.15) is 0 Å². The number of rotatable bonds is 8. The van der Waals surface area contributed by atoms with Gasteiger partial charge in [0.1, 0.15) is 0 Å². The average Bonchev–Trinajstić information content (AvgIpc) is 3.03. The van der Waals surface area contributed by atoms with Crippen LogP contribution in [0.3, 0.4) is 0 Å². The molecule has 14 heavy (non-hydrogen) atoms. The van der Waals surface area contributed by atoms with Gasteiger partial charge in [-0.1, -0.05) is 6.92 Å². The molecule has 0 atom stereocenters. The molecular weight excluding hydrogens is 172 g/mol. The maximum atomic E-state index is 3.56. The Bertz CT molecular complexity index is 162. The van der Waals surface area contributed by atoms with Crippen LogP contribution in [0.4, 0.5) is 0 Å². The Morgan fingerprint density at radius 1 is 1.14 bits per heavy atom. The van der Waals surface area contributed by atoms with Crippen LogP contribution < -0.4 is 5.32 Å². The van der Waals surface area contributed by atoms with E-state index in [1.54, 1.807) is 0 Å². The van der Waals surface area contributed by atoms with Gasteiger partial charge in [-0.25, -0.2) is 0 Å². The summed E-state index contributed by atoms with van der Waals surface area (Å²) < 4.78 is 0. The van der Waals surface area contributed by atoms with E-state index in [-0.39, 0.29) is 0 Å². The summed E-state index contributed by atoms with van der Waals surface area (Å²) in [6.45, 7) is 8.56. The highest BCUT2D eigenvalue weighted by Gasteiger charge is 2.23. The van der Waals surface area contributed by atoms with Crippen LogP contribution in [0.25, 0.3) is 0 Å². The van der Waals surface area contributed by atoms with Gasteiger partial charge in [-0.3, -0.25) is 0 Å². The van der Waals surface area contributed by atoms with Crippen molar-refractivity contribution >= 4 is 0 Å². The first-order valence-electron chi connectivity index (χ1n) is 6.31. The molecule has 0 saturated heterocycles. The van der Waals surface area contributed by atoms with E-state index in [4.69, 9.17) is 0 Å². The van der Waals surface area contributed by atoms with Gasteiger partial charge in [0, 0.05) is 19.6 Å². The van der Waals surface area contributed by atoms with Crippen LogP contribution in [0, 0.1) is 11.8 Å². The Kier molecular flexibility index (Phi) is 3.82. The number of nitrogens with zero attached hydrogens (tertiary/aromatic N) is 1. The predicted molar refractivity (Wildman–Crippen MR) is 60.4 cm³/mol. The van der Waals surface area contributed by atoms with Gasteiger partial charge in [-0.05, 0) is 50.6 Å². The van der Waals surface area contributed by atoms with E-state index in [9.17, 15) is 0 Å². The number of hydrogen-bond donors (Lipinski definition) is 1. The standard InChI is InChI=1S/C12H24N2/c1-2-14(10-12-5-6-12)8-7-13-9-11-3-4-11/h11-13H,2-10H2,1H3. The Morgan fingerprint density at radius 2 is 1.86 bits per heavy atom. The summed E-state index contributed by atoms with van der Waals surface area (Å²) in [6, 6.07) is 0. The van der Waals surface area contributed by atoms with Gasteiger partial charge in [0.15, 0.2) is 0 Å². The zero-order valence-corrected chi connectivity index (χ0v) is 9.47. The van der Waals surface area contributed by atoms with Crippen LogP contribution in [0.1, 0.15) is 32.6 Å². The molecular formula is C12H24N2. The molecule has 0 heterocycles. The molecule has 0 radical (unpaired) electrons. The van der Waals surface area contributed by atoms with Crippen LogP contribution >= 0.6 is 0 Å². The van der Waals surface area contributed by atoms with Gasteiger partial charge in [0.25, 0.3) is 0 Å². The first-order valence-corrected chi connectivity index (χ1v) is 6.31. The van der Waals surface area contributed by atoms with E-state index < -0.39 is 0 Å². The van der Waals surface area contributed by atoms with Crippen molar-refractivity contribution in [2.24, 2.45) is 11.8 Å². The molecule has 0 aromatic carbocycles. The first kappa shape index (κ1) is 10.4. The van der Waals surface area contributed by atoms with E-state index in [0.29, 0.717) is 0 Å². The first-order chi connectivity index (χ1) is 6.88. The second-order valence-corrected chi connectivity index (χ2v) is 4.98. The van der Waals surface area contributed by atoms with Crippen molar-refractivity contribution in [3.8, 4) is 0 Å². The fourth-order valence-electron chi connectivity index (χ4n) is 1.91. The Morgan fingerprint density at radius 3 is 2.43 bits per heavy atom. The van der Waals surface area contributed by atoms with Crippen molar-refractivity contribution in [2.45, 2.75) is 32.6 Å². The lowest BCUT2D eigenvalue weighted by molar-refractivity contribution is 0.275. The topological polar surface area (TPSA) is 15.3 Å². The SMILES string of the molecule is CCN(CCNCC1CC1)CC1CC1. The quantitative estimate of drug-likeness (QED) is 0.595. The highest BCUT2D eigenvalue weighted by Crippen LogP contribution is 2.29. The molecule has 2 rings (SSSR count). The smallest absolute Gasteiger partial charge is 0.0107 e. The molecule has 2 saturated carbocycles. The minimum absolute atomic E-state index is 1.02. The summed E-state index contributed by atoms with van der Waals surface area (Å²) in [6.07, 6.45) is 5.89. The fraction of sp³-hybridized carbons (Fsp3) is 1.00. The van der Waals surface area contributed by atoms with E-state index in [1.807, 2.05) is 0 Å². The molecule has 0 aliphatic heterocycles. The molecule has 0 aromatic rings.